The Balaban J connectivity index is 1.49. The molecule has 0 unspecified atom stereocenters. The predicted molar refractivity (Wildman–Crippen MR) is 95.1 cm³/mol. The Hall–Kier alpha value is -2.39. The molecule has 0 aliphatic carbocycles. The minimum Gasteiger partial charge on any atom is -0.346 e. The summed E-state index contributed by atoms with van der Waals surface area (Å²) in [5.74, 6) is 0. The summed E-state index contributed by atoms with van der Waals surface area (Å²) < 4.78 is 0. The molecular weight excluding hydrogens is 282 g/mol. The smallest absolute Gasteiger partial charge is 0.137 e. The number of aryl methyl sites for hydroxylation is 1. The fourth-order valence-electron chi connectivity index (χ4n) is 3.27. The highest BCUT2D eigenvalue weighted by molar-refractivity contribution is 5.90. The largest absolute Gasteiger partial charge is 0.346 e. The molecule has 0 saturated carbocycles. The first-order chi connectivity index (χ1) is 11.3. The maximum absolute atomic E-state index is 4.38. The van der Waals surface area contributed by atoms with Crippen molar-refractivity contribution < 1.29 is 0 Å². The first-order valence-electron chi connectivity index (χ1n) is 8.19. The fraction of sp³-hybridized carbons (Fsp3) is 0.250. The molecule has 3 heterocycles. The van der Waals surface area contributed by atoms with Gasteiger partial charge in [-0.05, 0) is 36.6 Å². The highest BCUT2D eigenvalue weighted by Gasteiger charge is 2.15. The summed E-state index contributed by atoms with van der Waals surface area (Å²) in [5.41, 5.74) is 6.43. The SMILES string of the molecule is Cc1ccc(CN2CC=C(c3c[nH]c4ncccc34)CC2)cc1. The monoisotopic (exact) mass is 303 g/mol. The molecule has 0 fully saturated rings. The highest BCUT2D eigenvalue weighted by Crippen LogP contribution is 2.28. The maximum Gasteiger partial charge on any atom is 0.137 e. The van der Waals surface area contributed by atoms with E-state index in [4.69, 9.17) is 0 Å². The number of H-pyrrole nitrogens is 1. The van der Waals surface area contributed by atoms with Gasteiger partial charge in [0.05, 0.1) is 0 Å². The number of nitrogens with one attached hydrogen (secondary N) is 1. The molecule has 3 nitrogen and oxygen atoms in total. The summed E-state index contributed by atoms with van der Waals surface area (Å²) >= 11 is 0. The Morgan fingerprint density at radius 1 is 1.17 bits per heavy atom. The van der Waals surface area contributed by atoms with E-state index in [1.54, 1.807) is 0 Å². The third-order valence-electron chi connectivity index (χ3n) is 4.62. The molecule has 0 spiro atoms. The molecule has 1 aromatic carbocycles. The van der Waals surface area contributed by atoms with Gasteiger partial charge in [0.1, 0.15) is 5.65 Å². The number of benzene rings is 1. The Bertz CT molecular complexity index is 843. The minimum absolute atomic E-state index is 0.977. The van der Waals surface area contributed by atoms with Gasteiger partial charge < -0.3 is 4.98 Å². The van der Waals surface area contributed by atoms with E-state index in [2.05, 4.69) is 64.4 Å². The number of rotatable bonds is 3. The maximum atomic E-state index is 4.38. The Labute approximate surface area is 136 Å². The first-order valence-corrected chi connectivity index (χ1v) is 8.19. The van der Waals surface area contributed by atoms with Crippen LogP contribution in [-0.2, 0) is 6.54 Å². The molecule has 1 N–H and O–H groups in total. The third kappa shape index (κ3) is 2.92. The lowest BCUT2D eigenvalue weighted by Gasteiger charge is -2.26. The molecule has 116 valence electrons. The average molecular weight is 303 g/mol. The lowest BCUT2D eigenvalue weighted by atomic mass is 9.99. The summed E-state index contributed by atoms with van der Waals surface area (Å²) in [4.78, 5) is 10.2. The summed E-state index contributed by atoms with van der Waals surface area (Å²) in [6, 6.07) is 13.0. The van der Waals surface area contributed by atoms with Gasteiger partial charge in [-0.25, -0.2) is 4.98 Å². The van der Waals surface area contributed by atoms with Crippen molar-refractivity contribution >= 4 is 16.6 Å². The second-order valence-corrected chi connectivity index (χ2v) is 6.30. The zero-order valence-electron chi connectivity index (χ0n) is 13.4. The van der Waals surface area contributed by atoms with Crippen LogP contribution < -0.4 is 0 Å². The van der Waals surface area contributed by atoms with Gasteiger partial charge in [0.15, 0.2) is 0 Å². The Kier molecular flexibility index (Phi) is 3.72. The van der Waals surface area contributed by atoms with Crippen LogP contribution in [0.5, 0.6) is 0 Å². The van der Waals surface area contributed by atoms with E-state index in [9.17, 15) is 0 Å². The van der Waals surface area contributed by atoms with Gasteiger partial charge in [0.25, 0.3) is 0 Å². The van der Waals surface area contributed by atoms with E-state index < -0.39 is 0 Å². The van der Waals surface area contributed by atoms with Crippen molar-refractivity contribution in [2.24, 2.45) is 0 Å². The van der Waals surface area contributed by atoms with Crippen LogP contribution in [0.1, 0.15) is 23.1 Å². The molecule has 1 aliphatic heterocycles. The Morgan fingerprint density at radius 2 is 2.04 bits per heavy atom. The normalized spacial score (nSPS) is 15.8. The van der Waals surface area contributed by atoms with Crippen LogP contribution in [0.25, 0.3) is 16.6 Å². The van der Waals surface area contributed by atoms with Crippen molar-refractivity contribution in [2.45, 2.75) is 19.9 Å². The quantitative estimate of drug-likeness (QED) is 0.788. The Morgan fingerprint density at radius 3 is 2.83 bits per heavy atom. The second-order valence-electron chi connectivity index (χ2n) is 6.30. The van der Waals surface area contributed by atoms with Crippen LogP contribution in [0, 0.1) is 6.92 Å². The number of nitrogens with zero attached hydrogens (tertiary/aromatic N) is 2. The van der Waals surface area contributed by atoms with Crippen molar-refractivity contribution in [1.82, 2.24) is 14.9 Å². The van der Waals surface area contributed by atoms with Gasteiger partial charge >= 0.3 is 0 Å². The van der Waals surface area contributed by atoms with Crippen molar-refractivity contribution in [3.8, 4) is 0 Å². The van der Waals surface area contributed by atoms with Crippen LogP contribution in [0.2, 0.25) is 0 Å². The summed E-state index contributed by atoms with van der Waals surface area (Å²) in [6.45, 7) is 5.28. The average Bonchev–Trinajstić information content (AvgIpc) is 3.02. The lowest BCUT2D eigenvalue weighted by molar-refractivity contribution is 0.294. The van der Waals surface area contributed by atoms with E-state index in [-0.39, 0.29) is 0 Å². The molecule has 4 rings (SSSR count). The standard InChI is InChI=1S/C20H21N3/c1-15-4-6-16(7-5-15)14-23-11-8-17(9-12-23)19-13-22-20-18(19)3-2-10-21-20/h2-8,10,13H,9,11-12,14H2,1H3,(H,21,22). The van der Waals surface area contributed by atoms with Crippen LogP contribution in [0.4, 0.5) is 0 Å². The van der Waals surface area contributed by atoms with Crippen molar-refractivity contribution in [2.75, 3.05) is 13.1 Å². The molecule has 2 aromatic heterocycles. The first kappa shape index (κ1) is 14.2. The third-order valence-corrected chi connectivity index (χ3v) is 4.62. The van der Waals surface area contributed by atoms with E-state index >= 15 is 0 Å². The van der Waals surface area contributed by atoms with Gasteiger partial charge in [0, 0.05) is 43.0 Å². The van der Waals surface area contributed by atoms with Gasteiger partial charge in [-0.15, -0.1) is 0 Å². The molecule has 0 radical (unpaired) electrons. The number of fused-ring (bicyclic) bond motifs is 1. The summed E-state index contributed by atoms with van der Waals surface area (Å²) in [5, 5.41) is 1.23. The number of pyridine rings is 1. The number of aromatic nitrogens is 2. The zero-order chi connectivity index (χ0) is 15.6. The van der Waals surface area contributed by atoms with Crippen LogP contribution in [-0.4, -0.2) is 28.0 Å². The molecule has 0 amide bonds. The molecule has 0 saturated heterocycles. The minimum atomic E-state index is 0.977. The number of aromatic amines is 1. The molecule has 1 aliphatic rings. The van der Waals surface area contributed by atoms with Crippen LogP contribution in [0.3, 0.4) is 0 Å². The molecule has 3 aromatic rings. The summed E-state index contributed by atoms with van der Waals surface area (Å²) in [7, 11) is 0. The molecular formula is C20H21N3. The van der Waals surface area contributed by atoms with E-state index in [0.717, 1.165) is 31.7 Å². The highest BCUT2D eigenvalue weighted by atomic mass is 15.1. The van der Waals surface area contributed by atoms with Crippen molar-refractivity contribution in [3.05, 3.63) is 71.6 Å². The topological polar surface area (TPSA) is 31.9 Å². The van der Waals surface area contributed by atoms with Gasteiger partial charge in [0.2, 0.25) is 0 Å². The van der Waals surface area contributed by atoms with E-state index in [1.807, 2.05) is 12.3 Å². The molecule has 23 heavy (non-hydrogen) atoms. The van der Waals surface area contributed by atoms with Crippen molar-refractivity contribution in [1.29, 1.82) is 0 Å². The fourth-order valence-corrected chi connectivity index (χ4v) is 3.27. The van der Waals surface area contributed by atoms with Gasteiger partial charge in [-0.1, -0.05) is 35.9 Å². The number of hydrogen-bond acceptors (Lipinski definition) is 2. The molecule has 3 heteroatoms. The lowest BCUT2D eigenvalue weighted by Crippen LogP contribution is -2.27. The predicted octanol–water partition coefficient (Wildman–Crippen LogP) is 4.16. The van der Waals surface area contributed by atoms with E-state index in [0.29, 0.717) is 0 Å². The number of hydrogen-bond donors (Lipinski definition) is 1. The van der Waals surface area contributed by atoms with Gasteiger partial charge in [-0.3, -0.25) is 4.90 Å². The van der Waals surface area contributed by atoms with Crippen molar-refractivity contribution in [3.63, 3.8) is 0 Å². The second kappa shape index (κ2) is 6.01. The van der Waals surface area contributed by atoms with Gasteiger partial charge in [-0.2, -0.15) is 0 Å². The summed E-state index contributed by atoms with van der Waals surface area (Å²) in [6.07, 6.45) is 7.39. The van der Waals surface area contributed by atoms with Crippen LogP contribution in [0.15, 0.2) is 54.9 Å². The van der Waals surface area contributed by atoms with Crippen LogP contribution >= 0.6 is 0 Å². The van der Waals surface area contributed by atoms with E-state index in [1.165, 1.54) is 27.6 Å². The molecule has 0 bridgehead atoms. The molecule has 0 atom stereocenters. The zero-order valence-corrected chi connectivity index (χ0v) is 13.4.